The monoisotopic (exact) mass is 292 g/mol. The molecular formula is C16H24N2O3. The highest BCUT2D eigenvalue weighted by Crippen LogP contribution is 2.17. The van der Waals surface area contributed by atoms with E-state index >= 15 is 0 Å². The molecule has 0 aliphatic heterocycles. The number of carbonyl (C=O) groups is 2. The van der Waals surface area contributed by atoms with Crippen molar-refractivity contribution in [2.75, 3.05) is 6.54 Å². The molecule has 0 fully saturated rings. The average molecular weight is 292 g/mol. The summed E-state index contributed by atoms with van der Waals surface area (Å²) in [4.78, 5) is 25.0. The lowest BCUT2D eigenvalue weighted by Gasteiger charge is -2.35. The van der Waals surface area contributed by atoms with Crippen LogP contribution in [0.1, 0.15) is 32.8 Å². The van der Waals surface area contributed by atoms with Crippen LogP contribution in [0.4, 0.5) is 0 Å². The molecule has 0 spiro atoms. The van der Waals surface area contributed by atoms with Crippen LogP contribution in [0.15, 0.2) is 30.3 Å². The fourth-order valence-electron chi connectivity index (χ4n) is 2.23. The van der Waals surface area contributed by atoms with Gasteiger partial charge in [0, 0.05) is 6.54 Å². The van der Waals surface area contributed by atoms with Gasteiger partial charge in [0.1, 0.15) is 5.54 Å². The van der Waals surface area contributed by atoms with Gasteiger partial charge in [-0.3, -0.25) is 4.79 Å². The Morgan fingerprint density at radius 2 is 1.86 bits per heavy atom. The van der Waals surface area contributed by atoms with Gasteiger partial charge in [-0.25, -0.2) is 4.79 Å². The highest BCUT2D eigenvalue weighted by atomic mass is 16.4. The highest BCUT2D eigenvalue weighted by molar-refractivity contribution is 5.89. The van der Waals surface area contributed by atoms with Crippen molar-refractivity contribution < 1.29 is 14.7 Å². The van der Waals surface area contributed by atoms with E-state index in [1.807, 2.05) is 30.3 Å². The molecular weight excluding hydrogens is 268 g/mol. The van der Waals surface area contributed by atoms with Gasteiger partial charge in [-0.05, 0) is 39.2 Å². The number of nitrogens with two attached hydrogens (primary N) is 1. The average Bonchev–Trinajstić information content (AvgIpc) is 2.46. The number of aliphatic carboxylic acids is 1. The standard InChI is InChI=1S/C16H24N2O3/c1-4-18(16(2,3)15(20)21)14(19)13(17)11-10-12-8-6-5-7-9-12/h5-9,13H,4,10-11,17H2,1-3H3,(H,20,21)/t13-/m0/s1. The number of carbonyl (C=O) groups excluding carboxylic acids is 1. The van der Waals surface area contributed by atoms with Gasteiger partial charge in [0.15, 0.2) is 0 Å². The highest BCUT2D eigenvalue weighted by Gasteiger charge is 2.38. The Morgan fingerprint density at radius 3 is 2.33 bits per heavy atom. The summed E-state index contributed by atoms with van der Waals surface area (Å²) in [5.74, 6) is -1.35. The zero-order chi connectivity index (χ0) is 16.0. The number of hydrogen-bond donors (Lipinski definition) is 2. The van der Waals surface area contributed by atoms with Gasteiger partial charge >= 0.3 is 5.97 Å². The lowest BCUT2D eigenvalue weighted by molar-refractivity contribution is -0.157. The summed E-state index contributed by atoms with van der Waals surface area (Å²) in [5, 5.41) is 9.25. The molecule has 1 aromatic carbocycles. The minimum Gasteiger partial charge on any atom is -0.480 e. The molecule has 21 heavy (non-hydrogen) atoms. The molecule has 1 atom stereocenters. The number of amides is 1. The molecule has 0 bridgehead atoms. The first-order valence-corrected chi connectivity index (χ1v) is 7.15. The van der Waals surface area contributed by atoms with E-state index in [2.05, 4.69) is 0 Å². The zero-order valence-corrected chi connectivity index (χ0v) is 12.9. The van der Waals surface area contributed by atoms with E-state index in [-0.39, 0.29) is 5.91 Å². The van der Waals surface area contributed by atoms with Gasteiger partial charge in [-0.2, -0.15) is 0 Å². The van der Waals surface area contributed by atoms with E-state index in [4.69, 9.17) is 5.73 Å². The first-order valence-electron chi connectivity index (χ1n) is 7.15. The molecule has 3 N–H and O–H groups in total. The smallest absolute Gasteiger partial charge is 0.329 e. The molecule has 0 aliphatic carbocycles. The van der Waals surface area contributed by atoms with E-state index in [1.165, 1.54) is 18.7 Å². The second kappa shape index (κ2) is 7.22. The number of likely N-dealkylation sites (N-methyl/N-ethyl adjacent to an activating group) is 1. The number of carboxylic acids is 1. The topological polar surface area (TPSA) is 83.6 Å². The van der Waals surface area contributed by atoms with Crippen LogP contribution in [0.25, 0.3) is 0 Å². The van der Waals surface area contributed by atoms with E-state index in [0.717, 1.165) is 5.56 Å². The van der Waals surface area contributed by atoms with Crippen molar-refractivity contribution in [1.82, 2.24) is 4.90 Å². The van der Waals surface area contributed by atoms with Crippen molar-refractivity contribution in [2.24, 2.45) is 5.73 Å². The van der Waals surface area contributed by atoms with Gasteiger partial charge in [-0.1, -0.05) is 30.3 Å². The van der Waals surface area contributed by atoms with Gasteiger partial charge < -0.3 is 15.7 Å². The Hall–Kier alpha value is -1.88. The third kappa shape index (κ3) is 4.29. The van der Waals surface area contributed by atoms with Crippen molar-refractivity contribution in [1.29, 1.82) is 0 Å². The Morgan fingerprint density at radius 1 is 1.29 bits per heavy atom. The van der Waals surface area contributed by atoms with Crippen molar-refractivity contribution in [3.05, 3.63) is 35.9 Å². The number of hydrogen-bond acceptors (Lipinski definition) is 3. The minimum absolute atomic E-state index is 0.317. The number of carboxylic acid groups (broad SMARTS) is 1. The first kappa shape index (κ1) is 17.2. The van der Waals surface area contributed by atoms with Crippen LogP contribution < -0.4 is 5.73 Å². The summed E-state index contributed by atoms with van der Waals surface area (Å²) in [6.45, 7) is 5.10. The minimum atomic E-state index is -1.25. The first-order chi connectivity index (χ1) is 9.80. The molecule has 0 saturated carbocycles. The van der Waals surface area contributed by atoms with Gasteiger partial charge in [-0.15, -0.1) is 0 Å². The second-order valence-corrected chi connectivity index (χ2v) is 5.58. The molecule has 0 aliphatic rings. The largest absolute Gasteiger partial charge is 0.480 e. The third-order valence-corrected chi connectivity index (χ3v) is 3.68. The van der Waals surface area contributed by atoms with Crippen molar-refractivity contribution >= 4 is 11.9 Å². The quantitative estimate of drug-likeness (QED) is 0.800. The summed E-state index contributed by atoms with van der Waals surface area (Å²) in [6.07, 6.45) is 1.19. The summed E-state index contributed by atoms with van der Waals surface area (Å²) < 4.78 is 0. The SMILES string of the molecule is CCN(C(=O)[C@@H](N)CCc1ccccc1)C(C)(C)C(=O)O. The van der Waals surface area contributed by atoms with Gasteiger partial charge in [0.25, 0.3) is 0 Å². The molecule has 0 radical (unpaired) electrons. The lowest BCUT2D eigenvalue weighted by Crippen LogP contribution is -2.57. The Balaban J connectivity index is 2.70. The zero-order valence-electron chi connectivity index (χ0n) is 12.9. The number of aryl methyl sites for hydroxylation is 1. The summed E-state index contributed by atoms with van der Waals surface area (Å²) >= 11 is 0. The normalized spacial score (nSPS) is 12.8. The lowest BCUT2D eigenvalue weighted by atomic mass is 9.99. The molecule has 0 aromatic heterocycles. The Kier molecular flexibility index (Phi) is 5.90. The molecule has 1 amide bonds. The summed E-state index contributed by atoms with van der Waals surface area (Å²) in [7, 11) is 0. The molecule has 0 saturated heterocycles. The van der Waals surface area contributed by atoms with Gasteiger partial charge in [0.05, 0.1) is 6.04 Å². The molecule has 0 heterocycles. The van der Waals surface area contributed by atoms with E-state index in [0.29, 0.717) is 19.4 Å². The Bertz CT molecular complexity index is 486. The fraction of sp³-hybridized carbons (Fsp3) is 0.500. The maximum absolute atomic E-state index is 12.4. The van der Waals surface area contributed by atoms with Gasteiger partial charge in [0.2, 0.25) is 5.91 Å². The molecule has 1 aromatic rings. The fourth-order valence-corrected chi connectivity index (χ4v) is 2.23. The predicted molar refractivity (Wildman–Crippen MR) is 81.8 cm³/mol. The van der Waals surface area contributed by atoms with E-state index in [1.54, 1.807) is 6.92 Å². The molecule has 5 heteroatoms. The van der Waals surface area contributed by atoms with Crippen molar-refractivity contribution in [2.45, 2.75) is 45.2 Å². The molecule has 5 nitrogen and oxygen atoms in total. The van der Waals surface area contributed by atoms with Crippen molar-refractivity contribution in [3.8, 4) is 0 Å². The van der Waals surface area contributed by atoms with Crippen LogP contribution in [0.5, 0.6) is 0 Å². The van der Waals surface area contributed by atoms with Crippen LogP contribution >= 0.6 is 0 Å². The Labute approximate surface area is 125 Å². The number of benzene rings is 1. The maximum Gasteiger partial charge on any atom is 0.329 e. The summed E-state index contributed by atoms with van der Waals surface area (Å²) in [6, 6.07) is 9.08. The van der Waals surface area contributed by atoms with Crippen LogP contribution in [-0.4, -0.2) is 40.0 Å². The molecule has 0 unspecified atom stereocenters. The molecule has 116 valence electrons. The third-order valence-electron chi connectivity index (χ3n) is 3.68. The predicted octanol–water partition coefficient (Wildman–Crippen LogP) is 1.66. The van der Waals surface area contributed by atoms with Crippen molar-refractivity contribution in [3.63, 3.8) is 0 Å². The van der Waals surface area contributed by atoms with Crippen LogP contribution in [-0.2, 0) is 16.0 Å². The van der Waals surface area contributed by atoms with E-state index in [9.17, 15) is 14.7 Å². The van der Waals surface area contributed by atoms with Crippen LogP contribution in [0.3, 0.4) is 0 Å². The maximum atomic E-state index is 12.4. The van der Waals surface area contributed by atoms with Crippen LogP contribution in [0, 0.1) is 0 Å². The summed E-state index contributed by atoms with van der Waals surface area (Å²) in [5.41, 5.74) is 5.81. The number of rotatable bonds is 7. The number of nitrogens with zero attached hydrogens (tertiary/aromatic N) is 1. The van der Waals surface area contributed by atoms with Crippen LogP contribution in [0.2, 0.25) is 0 Å². The second-order valence-electron chi connectivity index (χ2n) is 5.58. The molecule has 1 rings (SSSR count). The van der Waals surface area contributed by atoms with E-state index < -0.39 is 17.6 Å².